The van der Waals surface area contributed by atoms with Gasteiger partial charge in [-0.25, -0.2) is 8.42 Å². The van der Waals surface area contributed by atoms with Crippen molar-refractivity contribution in [3.8, 4) is 0 Å². The SMILES string of the molecule is CC.CC.CC.Cc1ccc(S(=O)(=O)Nc2ccc(C)cc2C(=O)c2cccc(C)[n+]2[O-])cc1. The van der Waals surface area contributed by atoms with Gasteiger partial charge < -0.3 is 5.21 Å². The van der Waals surface area contributed by atoms with Crippen molar-refractivity contribution in [3.05, 3.63) is 93.9 Å². The predicted octanol–water partition coefficient (Wildman–Crippen LogP) is 6.36. The number of anilines is 1. The minimum Gasteiger partial charge on any atom is -0.618 e. The van der Waals surface area contributed by atoms with Crippen LogP contribution in [0.2, 0.25) is 0 Å². The summed E-state index contributed by atoms with van der Waals surface area (Å²) in [6.07, 6.45) is 0. The van der Waals surface area contributed by atoms with Crippen molar-refractivity contribution >= 4 is 21.5 Å². The number of aromatic nitrogens is 1. The fourth-order valence-corrected chi connectivity index (χ4v) is 3.85. The number of sulfonamides is 1. The Morgan fingerprint density at radius 1 is 0.794 bits per heavy atom. The Hall–Kier alpha value is -3.19. The van der Waals surface area contributed by atoms with Gasteiger partial charge in [0.15, 0.2) is 5.69 Å². The second kappa shape index (κ2) is 14.9. The number of pyridine rings is 1. The van der Waals surface area contributed by atoms with Gasteiger partial charge in [0.2, 0.25) is 0 Å². The molecule has 186 valence electrons. The van der Waals surface area contributed by atoms with Crippen LogP contribution in [-0.2, 0) is 10.0 Å². The molecule has 2 aromatic carbocycles. The molecule has 0 atom stereocenters. The van der Waals surface area contributed by atoms with E-state index in [2.05, 4.69) is 4.72 Å². The molecule has 0 bridgehead atoms. The zero-order valence-corrected chi connectivity index (χ0v) is 22.6. The highest BCUT2D eigenvalue weighted by molar-refractivity contribution is 7.92. The van der Waals surface area contributed by atoms with Crippen molar-refractivity contribution in [3.63, 3.8) is 0 Å². The predicted molar refractivity (Wildman–Crippen MR) is 141 cm³/mol. The van der Waals surface area contributed by atoms with E-state index in [0.29, 0.717) is 10.4 Å². The van der Waals surface area contributed by atoms with E-state index in [1.807, 2.05) is 48.5 Å². The molecule has 0 unspecified atom stereocenters. The summed E-state index contributed by atoms with van der Waals surface area (Å²) in [7, 11) is -3.89. The molecule has 1 heterocycles. The van der Waals surface area contributed by atoms with Crippen LogP contribution in [0.3, 0.4) is 0 Å². The molecule has 34 heavy (non-hydrogen) atoms. The highest BCUT2D eigenvalue weighted by Crippen LogP contribution is 2.24. The zero-order valence-electron chi connectivity index (χ0n) is 21.8. The smallest absolute Gasteiger partial charge is 0.265 e. The quantitative estimate of drug-likeness (QED) is 0.258. The van der Waals surface area contributed by atoms with Crippen LogP contribution < -0.4 is 9.45 Å². The molecule has 0 saturated heterocycles. The number of ketones is 1. The van der Waals surface area contributed by atoms with Crippen molar-refractivity contribution in [1.29, 1.82) is 0 Å². The first-order valence-corrected chi connectivity index (χ1v) is 13.1. The molecule has 6 nitrogen and oxygen atoms in total. The van der Waals surface area contributed by atoms with Gasteiger partial charge in [-0.1, -0.05) is 70.9 Å². The van der Waals surface area contributed by atoms with Crippen molar-refractivity contribution in [1.82, 2.24) is 0 Å². The van der Waals surface area contributed by atoms with Crippen LogP contribution in [0.4, 0.5) is 5.69 Å². The number of benzene rings is 2. The summed E-state index contributed by atoms with van der Waals surface area (Å²) in [6.45, 7) is 17.2. The minimum absolute atomic E-state index is 0.0682. The van der Waals surface area contributed by atoms with Crippen LogP contribution in [-0.4, -0.2) is 14.2 Å². The Labute approximate surface area is 205 Å². The number of rotatable bonds is 5. The summed E-state index contributed by atoms with van der Waals surface area (Å²) in [5.41, 5.74) is 2.25. The maximum Gasteiger partial charge on any atom is 0.265 e. The van der Waals surface area contributed by atoms with E-state index in [4.69, 9.17) is 0 Å². The molecule has 0 fully saturated rings. The van der Waals surface area contributed by atoms with Gasteiger partial charge >= 0.3 is 0 Å². The molecule has 1 aromatic heterocycles. The first kappa shape index (κ1) is 30.8. The number of hydrogen-bond donors (Lipinski definition) is 1. The lowest BCUT2D eigenvalue weighted by atomic mass is 10.0. The lowest BCUT2D eigenvalue weighted by molar-refractivity contribution is -0.614. The van der Waals surface area contributed by atoms with Gasteiger partial charge in [-0.2, -0.15) is 4.73 Å². The summed E-state index contributed by atoms with van der Waals surface area (Å²) in [6, 6.07) is 15.8. The third kappa shape index (κ3) is 7.99. The van der Waals surface area contributed by atoms with Gasteiger partial charge in [-0.15, -0.1) is 0 Å². The number of hydrogen-bond acceptors (Lipinski definition) is 4. The van der Waals surface area contributed by atoms with Crippen LogP contribution in [0.25, 0.3) is 0 Å². The third-order valence-electron chi connectivity index (χ3n) is 4.36. The number of carbonyl (C=O) groups is 1. The highest BCUT2D eigenvalue weighted by atomic mass is 32.2. The second-order valence-electron chi connectivity index (χ2n) is 6.64. The molecule has 7 heteroatoms. The van der Waals surface area contributed by atoms with Crippen LogP contribution in [0.1, 0.15) is 74.4 Å². The minimum atomic E-state index is -3.89. The molecule has 0 radical (unpaired) electrons. The van der Waals surface area contributed by atoms with E-state index in [9.17, 15) is 18.4 Å². The molecule has 0 aliphatic heterocycles. The van der Waals surface area contributed by atoms with E-state index < -0.39 is 15.8 Å². The molecule has 3 rings (SSSR count). The Balaban J connectivity index is 0.00000168. The van der Waals surface area contributed by atoms with Crippen LogP contribution in [0, 0.1) is 26.0 Å². The molecular weight excluding hydrogens is 448 g/mol. The normalized spacial score (nSPS) is 9.79. The molecule has 3 aromatic rings. The number of nitrogens with zero attached hydrogens (tertiary/aromatic N) is 1. The van der Waals surface area contributed by atoms with Gasteiger partial charge in [0.05, 0.1) is 16.1 Å². The average Bonchev–Trinajstić information content (AvgIpc) is 2.85. The van der Waals surface area contributed by atoms with Gasteiger partial charge in [0, 0.05) is 19.1 Å². The maximum atomic E-state index is 13.0. The molecular formula is C27H38N2O4S. The van der Waals surface area contributed by atoms with E-state index in [1.54, 1.807) is 50.2 Å². The Bertz CT molecular complexity index is 1160. The molecule has 0 saturated carbocycles. The van der Waals surface area contributed by atoms with Crippen LogP contribution in [0.5, 0.6) is 0 Å². The van der Waals surface area contributed by atoms with Crippen molar-refractivity contribution in [2.45, 2.75) is 67.2 Å². The molecule has 0 amide bonds. The Morgan fingerprint density at radius 2 is 1.32 bits per heavy atom. The summed E-state index contributed by atoms with van der Waals surface area (Å²) >= 11 is 0. The largest absolute Gasteiger partial charge is 0.618 e. The molecule has 0 spiro atoms. The summed E-state index contributed by atoms with van der Waals surface area (Å²) in [5.74, 6) is -0.552. The third-order valence-corrected chi connectivity index (χ3v) is 5.74. The first-order chi connectivity index (χ1) is 16.2. The summed E-state index contributed by atoms with van der Waals surface area (Å²) in [4.78, 5) is 13.1. The van der Waals surface area contributed by atoms with Gasteiger partial charge in [0.25, 0.3) is 21.5 Å². The first-order valence-electron chi connectivity index (χ1n) is 11.6. The van der Waals surface area contributed by atoms with Gasteiger partial charge in [-0.3, -0.25) is 9.52 Å². The van der Waals surface area contributed by atoms with E-state index in [0.717, 1.165) is 11.1 Å². The summed E-state index contributed by atoms with van der Waals surface area (Å²) in [5, 5.41) is 12.3. The second-order valence-corrected chi connectivity index (χ2v) is 8.33. The van der Waals surface area contributed by atoms with Gasteiger partial charge in [0.1, 0.15) is 0 Å². The Morgan fingerprint density at radius 3 is 1.88 bits per heavy atom. The highest BCUT2D eigenvalue weighted by Gasteiger charge is 2.24. The standard InChI is InChI=1S/C21H20N2O4S.3C2H6/c1-14-7-10-17(11-8-14)28(26,27)22-19-12-9-15(2)13-18(19)21(24)20-6-4-5-16(3)23(20)25;3*1-2/h4-13,22H,1-3H3;3*1-2H3. The fourth-order valence-electron chi connectivity index (χ4n) is 2.77. The van der Waals surface area contributed by atoms with E-state index in [1.165, 1.54) is 24.3 Å². The lowest BCUT2D eigenvalue weighted by Crippen LogP contribution is -2.37. The van der Waals surface area contributed by atoms with Crippen LogP contribution >= 0.6 is 0 Å². The van der Waals surface area contributed by atoms with Crippen molar-refractivity contribution in [2.75, 3.05) is 4.72 Å². The van der Waals surface area contributed by atoms with E-state index in [-0.39, 0.29) is 21.8 Å². The van der Waals surface area contributed by atoms with Crippen molar-refractivity contribution in [2.24, 2.45) is 0 Å². The number of nitrogens with one attached hydrogen (secondary N) is 1. The fraction of sp³-hybridized carbons (Fsp3) is 0.333. The maximum absolute atomic E-state index is 13.0. The molecule has 0 aliphatic carbocycles. The monoisotopic (exact) mass is 486 g/mol. The zero-order chi connectivity index (χ0) is 26.5. The van der Waals surface area contributed by atoms with E-state index >= 15 is 0 Å². The van der Waals surface area contributed by atoms with Crippen LogP contribution in [0.15, 0.2) is 65.6 Å². The number of carbonyl (C=O) groups excluding carboxylic acids is 1. The topological polar surface area (TPSA) is 90.2 Å². The molecule has 0 aliphatic rings. The number of aryl methyl sites for hydroxylation is 3. The summed E-state index contributed by atoms with van der Waals surface area (Å²) < 4.78 is 28.5. The average molecular weight is 487 g/mol. The Kier molecular flexibility index (Phi) is 13.5. The van der Waals surface area contributed by atoms with Gasteiger partial charge in [-0.05, 0) is 44.2 Å². The lowest BCUT2D eigenvalue weighted by Gasteiger charge is -2.13. The van der Waals surface area contributed by atoms with Crippen molar-refractivity contribution < 1.29 is 17.9 Å². The molecule has 1 N–H and O–H groups in total.